The minimum Gasteiger partial charge on any atom is -0.462 e. The van der Waals surface area contributed by atoms with Crippen molar-refractivity contribution in [3.8, 4) is 0 Å². The molecule has 0 saturated carbocycles. The normalized spacial score (nSPS) is 14.0. The molecule has 0 fully saturated rings. The summed E-state index contributed by atoms with van der Waals surface area (Å²) in [6.07, 6.45) is 55.3. The molecular formula is C76H148O17P2. The molecule has 19 heteroatoms. The van der Waals surface area contributed by atoms with Crippen molar-refractivity contribution in [1.29, 1.82) is 0 Å². The molecule has 0 aliphatic heterocycles. The highest BCUT2D eigenvalue weighted by Gasteiger charge is 2.30. The largest absolute Gasteiger partial charge is 0.472 e. The molecule has 3 N–H and O–H groups in total. The second-order valence-electron chi connectivity index (χ2n) is 28.3. The number of hydrogen-bond donors (Lipinski definition) is 3. The van der Waals surface area contributed by atoms with Gasteiger partial charge in [0.25, 0.3) is 0 Å². The first-order valence-corrected chi connectivity index (χ1v) is 42.5. The van der Waals surface area contributed by atoms with E-state index in [1.807, 2.05) is 0 Å². The number of ether oxygens (including phenoxy) is 4. The number of carbonyl (C=O) groups excluding carboxylic acids is 4. The van der Waals surface area contributed by atoms with E-state index in [4.69, 9.17) is 37.0 Å². The van der Waals surface area contributed by atoms with Crippen LogP contribution in [0.5, 0.6) is 0 Å². The van der Waals surface area contributed by atoms with Gasteiger partial charge in [-0.25, -0.2) is 9.13 Å². The van der Waals surface area contributed by atoms with E-state index in [9.17, 15) is 43.2 Å². The number of phosphoric acid groups is 2. The van der Waals surface area contributed by atoms with E-state index in [-0.39, 0.29) is 25.7 Å². The Morgan fingerprint density at radius 3 is 0.716 bits per heavy atom. The van der Waals surface area contributed by atoms with Crippen LogP contribution < -0.4 is 0 Å². The molecule has 0 aliphatic rings. The Bertz CT molecular complexity index is 1840. The molecule has 0 amide bonds. The highest BCUT2D eigenvalue weighted by atomic mass is 31.2. The maximum atomic E-state index is 13.1. The maximum Gasteiger partial charge on any atom is 0.472 e. The predicted octanol–water partition coefficient (Wildman–Crippen LogP) is 22.3. The molecule has 564 valence electrons. The first-order valence-electron chi connectivity index (χ1n) is 39.5. The Morgan fingerprint density at radius 2 is 0.484 bits per heavy atom. The summed E-state index contributed by atoms with van der Waals surface area (Å²) in [6, 6.07) is 0. The van der Waals surface area contributed by atoms with Crippen LogP contribution >= 0.6 is 15.6 Å². The summed E-state index contributed by atoms with van der Waals surface area (Å²) in [6.45, 7) is 9.60. The zero-order valence-electron chi connectivity index (χ0n) is 62.0. The lowest BCUT2D eigenvalue weighted by Gasteiger charge is -2.21. The Labute approximate surface area is 581 Å². The van der Waals surface area contributed by atoms with Gasteiger partial charge in [-0.2, -0.15) is 0 Å². The van der Waals surface area contributed by atoms with Crippen LogP contribution in [-0.4, -0.2) is 96.7 Å². The summed E-state index contributed by atoms with van der Waals surface area (Å²) >= 11 is 0. The molecule has 17 nitrogen and oxygen atoms in total. The van der Waals surface area contributed by atoms with Gasteiger partial charge >= 0.3 is 39.5 Å². The molecule has 0 heterocycles. The maximum absolute atomic E-state index is 13.1. The summed E-state index contributed by atoms with van der Waals surface area (Å²) in [5.41, 5.74) is 0. The highest BCUT2D eigenvalue weighted by Crippen LogP contribution is 2.45. The second kappa shape index (κ2) is 67.9. The monoisotopic (exact) mass is 1400 g/mol. The molecule has 0 aromatic heterocycles. The number of hydrogen-bond acceptors (Lipinski definition) is 15. The van der Waals surface area contributed by atoms with Crippen LogP contribution in [-0.2, 0) is 65.4 Å². The van der Waals surface area contributed by atoms with Crippen molar-refractivity contribution in [1.82, 2.24) is 0 Å². The molecule has 0 rings (SSSR count). The van der Waals surface area contributed by atoms with Crippen LogP contribution in [0.4, 0.5) is 0 Å². The summed E-state index contributed by atoms with van der Waals surface area (Å²) in [5.74, 6) is -0.582. The van der Waals surface area contributed by atoms with Gasteiger partial charge in [0.1, 0.15) is 19.3 Å². The van der Waals surface area contributed by atoms with E-state index in [0.717, 1.165) is 102 Å². The SMILES string of the molecule is CCCCCCCCCCCCCCCCC(=O)OC[C@H](COP(=O)(O)OC[C@@H](O)COP(=O)(O)OC[C@@H](COC(=O)CCCCCCCCCCCCCC)OC(=O)CCCCCCCCCCCC(C)C)OC(=O)CCCCCCCCCCCCCCCCC(C)C. The van der Waals surface area contributed by atoms with Crippen LogP contribution in [0.25, 0.3) is 0 Å². The second-order valence-corrected chi connectivity index (χ2v) is 31.3. The first-order chi connectivity index (χ1) is 45.9. The summed E-state index contributed by atoms with van der Waals surface area (Å²) < 4.78 is 68.5. The van der Waals surface area contributed by atoms with E-state index >= 15 is 0 Å². The molecule has 0 radical (unpaired) electrons. The van der Waals surface area contributed by atoms with Crippen LogP contribution in [0.3, 0.4) is 0 Å². The molecule has 0 saturated heterocycles. The van der Waals surface area contributed by atoms with Crippen LogP contribution in [0.2, 0.25) is 0 Å². The van der Waals surface area contributed by atoms with Crippen LogP contribution in [0.15, 0.2) is 0 Å². The number of phosphoric ester groups is 2. The minimum atomic E-state index is -4.96. The molecule has 0 aromatic rings. The molecule has 0 aliphatic carbocycles. The lowest BCUT2D eigenvalue weighted by Crippen LogP contribution is -2.30. The van der Waals surface area contributed by atoms with Crippen molar-refractivity contribution in [2.75, 3.05) is 39.6 Å². The number of aliphatic hydroxyl groups is 1. The van der Waals surface area contributed by atoms with E-state index in [0.29, 0.717) is 25.7 Å². The smallest absolute Gasteiger partial charge is 0.462 e. The van der Waals surface area contributed by atoms with E-state index in [1.54, 1.807) is 0 Å². The lowest BCUT2D eigenvalue weighted by atomic mass is 10.0. The van der Waals surface area contributed by atoms with Crippen LogP contribution in [0, 0.1) is 11.8 Å². The Balaban J connectivity index is 5.25. The molecule has 95 heavy (non-hydrogen) atoms. The zero-order valence-corrected chi connectivity index (χ0v) is 63.8. The minimum absolute atomic E-state index is 0.106. The average molecular weight is 1400 g/mol. The van der Waals surface area contributed by atoms with Gasteiger partial charge in [0.2, 0.25) is 0 Å². The van der Waals surface area contributed by atoms with Crippen molar-refractivity contribution < 1.29 is 80.2 Å². The van der Waals surface area contributed by atoms with Gasteiger partial charge in [-0.05, 0) is 37.5 Å². The fourth-order valence-electron chi connectivity index (χ4n) is 11.7. The fraction of sp³-hybridized carbons (Fsp3) is 0.947. The lowest BCUT2D eigenvalue weighted by molar-refractivity contribution is -0.161. The number of rotatable bonds is 75. The molecule has 0 spiro atoms. The van der Waals surface area contributed by atoms with Crippen LogP contribution in [0.1, 0.15) is 395 Å². The highest BCUT2D eigenvalue weighted by molar-refractivity contribution is 7.47. The number of unbranched alkanes of at least 4 members (excludes halogenated alkanes) is 45. The van der Waals surface area contributed by atoms with Gasteiger partial charge in [-0.3, -0.25) is 37.3 Å². The van der Waals surface area contributed by atoms with Crippen molar-refractivity contribution in [3.05, 3.63) is 0 Å². The number of aliphatic hydroxyl groups excluding tert-OH is 1. The quantitative estimate of drug-likeness (QED) is 0.0222. The molecule has 0 aromatic carbocycles. The van der Waals surface area contributed by atoms with Crippen molar-refractivity contribution >= 4 is 39.5 Å². The summed E-state index contributed by atoms with van der Waals surface area (Å²) in [7, 11) is -9.91. The van der Waals surface area contributed by atoms with Gasteiger partial charge in [0, 0.05) is 25.7 Å². The third-order valence-corrected chi connectivity index (χ3v) is 19.6. The standard InChI is InChI=1S/C76H148O17P2/c1-7-9-11-13-15-17-19-21-25-29-35-41-47-53-59-74(79)87-64-71(92-75(80)60-54-48-42-36-30-26-23-22-24-27-32-38-44-50-56-68(3)4)66-90-94(82,83)88-62-70(77)63-89-95(84,85)91-67-72(93-76(81)61-55-49-43-37-31-33-39-45-51-57-69(5)6)65-86-73(78)58-52-46-40-34-28-20-18-16-14-12-10-8-2/h68-72,77H,7-67H2,1-6H3,(H,82,83)(H,84,85)/t70-,71-,72-/m1/s1. The third kappa shape index (κ3) is 70.3. The zero-order chi connectivity index (χ0) is 70.0. The predicted molar refractivity (Wildman–Crippen MR) is 386 cm³/mol. The topological polar surface area (TPSA) is 237 Å². The van der Waals surface area contributed by atoms with E-state index < -0.39 is 97.5 Å². The summed E-state index contributed by atoms with van der Waals surface area (Å²) in [5, 5.41) is 10.6. The van der Waals surface area contributed by atoms with Gasteiger partial charge in [0.15, 0.2) is 12.2 Å². The number of esters is 4. The van der Waals surface area contributed by atoms with Gasteiger partial charge in [-0.1, -0.05) is 343 Å². The Hall–Kier alpha value is -1.94. The Morgan fingerprint density at radius 1 is 0.284 bits per heavy atom. The molecule has 0 bridgehead atoms. The van der Waals surface area contributed by atoms with Gasteiger partial charge in [0.05, 0.1) is 26.4 Å². The number of carbonyl (C=O) groups is 4. The van der Waals surface area contributed by atoms with Crippen molar-refractivity contribution in [3.63, 3.8) is 0 Å². The third-order valence-electron chi connectivity index (χ3n) is 17.7. The molecular weight excluding hydrogens is 1250 g/mol. The summed E-state index contributed by atoms with van der Waals surface area (Å²) in [4.78, 5) is 72.8. The van der Waals surface area contributed by atoms with Crippen molar-refractivity contribution in [2.45, 2.75) is 413 Å². The first kappa shape index (κ1) is 93.1. The Kier molecular flexibility index (Phi) is 66.5. The molecule has 2 unspecified atom stereocenters. The van der Waals surface area contributed by atoms with Crippen molar-refractivity contribution in [2.24, 2.45) is 11.8 Å². The van der Waals surface area contributed by atoms with E-state index in [1.165, 1.54) is 212 Å². The average Bonchev–Trinajstić information content (AvgIpc) is 1.87. The molecule has 5 atom stereocenters. The fourth-order valence-corrected chi connectivity index (χ4v) is 13.2. The van der Waals surface area contributed by atoms with Gasteiger partial charge in [-0.15, -0.1) is 0 Å². The van der Waals surface area contributed by atoms with E-state index in [2.05, 4.69) is 41.5 Å². The van der Waals surface area contributed by atoms with Gasteiger partial charge < -0.3 is 33.8 Å².